The molecule has 0 spiro atoms. The lowest BCUT2D eigenvalue weighted by Gasteiger charge is -2.02. The van der Waals surface area contributed by atoms with Crippen LogP contribution in [0.1, 0.15) is 5.56 Å². The Bertz CT molecular complexity index is 490. The fourth-order valence-corrected chi connectivity index (χ4v) is 1.73. The second-order valence-electron chi connectivity index (χ2n) is 3.04. The first-order valence-corrected chi connectivity index (χ1v) is 4.52. The van der Waals surface area contributed by atoms with Crippen LogP contribution < -0.4 is 0 Å². The molecule has 0 saturated carbocycles. The number of hydrogen-bond donors (Lipinski definition) is 2. The summed E-state index contributed by atoms with van der Waals surface area (Å²) in [6.07, 6.45) is 1.72. The van der Waals surface area contributed by atoms with E-state index in [1.165, 1.54) is 0 Å². The first-order chi connectivity index (χ1) is 6.68. The van der Waals surface area contributed by atoms with Gasteiger partial charge in [-0.2, -0.15) is 0 Å². The van der Waals surface area contributed by atoms with Crippen molar-refractivity contribution in [3.63, 3.8) is 0 Å². The van der Waals surface area contributed by atoms with Gasteiger partial charge in [-0.05, 0) is 23.8 Å². The number of aliphatic carboxylic acids is 1. The molecule has 0 aliphatic carbocycles. The van der Waals surface area contributed by atoms with Crippen LogP contribution in [0.2, 0.25) is 5.02 Å². The molecule has 0 unspecified atom stereocenters. The molecule has 0 atom stereocenters. The van der Waals surface area contributed by atoms with E-state index in [2.05, 4.69) is 4.98 Å². The van der Waals surface area contributed by atoms with Crippen molar-refractivity contribution in [1.29, 1.82) is 0 Å². The number of benzene rings is 1. The van der Waals surface area contributed by atoms with Gasteiger partial charge in [0.2, 0.25) is 0 Å². The third-order valence-corrected chi connectivity index (χ3v) is 2.47. The lowest BCUT2D eigenvalue weighted by atomic mass is 10.1. The van der Waals surface area contributed by atoms with Gasteiger partial charge in [-0.15, -0.1) is 0 Å². The number of carbonyl (C=O) groups is 1. The standard InChI is InChI=1S/C10H8ClNO2/c11-8-1-2-9-6(3-4-12-9)7(8)5-10(13)14/h1-4,12H,5H2,(H,13,14). The van der Waals surface area contributed by atoms with E-state index in [0.717, 1.165) is 10.9 Å². The Morgan fingerprint density at radius 1 is 1.43 bits per heavy atom. The molecule has 0 aliphatic rings. The Hall–Kier alpha value is -1.48. The molecular weight excluding hydrogens is 202 g/mol. The molecule has 3 nitrogen and oxygen atoms in total. The topological polar surface area (TPSA) is 53.1 Å². The summed E-state index contributed by atoms with van der Waals surface area (Å²) in [5.41, 5.74) is 1.57. The van der Waals surface area contributed by atoms with Crippen LogP contribution in [0.15, 0.2) is 24.4 Å². The van der Waals surface area contributed by atoms with Gasteiger partial charge in [0.05, 0.1) is 6.42 Å². The van der Waals surface area contributed by atoms with Crippen LogP contribution in [0.4, 0.5) is 0 Å². The van der Waals surface area contributed by atoms with Gasteiger partial charge in [-0.1, -0.05) is 11.6 Å². The number of aromatic amines is 1. The Labute approximate surface area is 85.3 Å². The molecular formula is C10H8ClNO2. The molecule has 72 valence electrons. The smallest absolute Gasteiger partial charge is 0.307 e. The van der Waals surface area contributed by atoms with Gasteiger partial charge in [-0.3, -0.25) is 4.79 Å². The number of fused-ring (bicyclic) bond motifs is 1. The van der Waals surface area contributed by atoms with E-state index < -0.39 is 5.97 Å². The lowest BCUT2D eigenvalue weighted by Crippen LogP contribution is -2.01. The number of carboxylic acid groups (broad SMARTS) is 1. The van der Waals surface area contributed by atoms with Gasteiger partial charge in [-0.25, -0.2) is 0 Å². The third-order valence-electron chi connectivity index (χ3n) is 2.12. The molecule has 1 aromatic heterocycles. The van der Waals surface area contributed by atoms with Crippen molar-refractivity contribution in [3.05, 3.63) is 35.0 Å². The second kappa shape index (κ2) is 3.35. The predicted molar refractivity (Wildman–Crippen MR) is 54.6 cm³/mol. The molecule has 2 rings (SSSR count). The van der Waals surface area contributed by atoms with Crippen molar-refractivity contribution in [2.24, 2.45) is 0 Å². The number of rotatable bonds is 2. The van der Waals surface area contributed by atoms with E-state index in [1.54, 1.807) is 12.3 Å². The molecule has 0 bridgehead atoms. The third kappa shape index (κ3) is 1.46. The Morgan fingerprint density at radius 2 is 2.21 bits per heavy atom. The minimum absolute atomic E-state index is 0.0476. The van der Waals surface area contributed by atoms with Crippen LogP contribution in [-0.4, -0.2) is 16.1 Å². The van der Waals surface area contributed by atoms with Crippen molar-refractivity contribution >= 4 is 28.5 Å². The molecule has 0 fully saturated rings. The van der Waals surface area contributed by atoms with Gasteiger partial charge < -0.3 is 10.1 Å². The first-order valence-electron chi connectivity index (χ1n) is 4.15. The van der Waals surface area contributed by atoms with E-state index in [1.807, 2.05) is 12.1 Å². The molecule has 1 aromatic carbocycles. The van der Waals surface area contributed by atoms with Gasteiger partial charge in [0, 0.05) is 22.1 Å². The van der Waals surface area contributed by atoms with E-state index >= 15 is 0 Å². The normalized spacial score (nSPS) is 10.6. The Balaban J connectivity index is 2.64. The summed E-state index contributed by atoms with van der Waals surface area (Å²) in [5.74, 6) is -0.874. The van der Waals surface area contributed by atoms with Gasteiger partial charge in [0.15, 0.2) is 0 Å². The maximum atomic E-state index is 10.6. The summed E-state index contributed by atoms with van der Waals surface area (Å²) in [5, 5.41) is 10.1. The fourth-order valence-electron chi connectivity index (χ4n) is 1.50. The second-order valence-corrected chi connectivity index (χ2v) is 3.44. The summed E-state index contributed by atoms with van der Waals surface area (Å²) >= 11 is 5.93. The zero-order chi connectivity index (χ0) is 10.1. The van der Waals surface area contributed by atoms with Gasteiger partial charge in [0.1, 0.15) is 0 Å². The van der Waals surface area contributed by atoms with Crippen molar-refractivity contribution in [1.82, 2.24) is 4.98 Å². The van der Waals surface area contributed by atoms with Gasteiger partial charge in [0.25, 0.3) is 0 Å². The quantitative estimate of drug-likeness (QED) is 0.798. The molecule has 0 amide bonds. The van der Waals surface area contributed by atoms with Gasteiger partial charge >= 0.3 is 5.97 Å². The van der Waals surface area contributed by atoms with Crippen molar-refractivity contribution in [3.8, 4) is 0 Å². The highest BCUT2D eigenvalue weighted by Gasteiger charge is 2.10. The SMILES string of the molecule is O=C(O)Cc1c(Cl)ccc2[nH]ccc12. The summed E-state index contributed by atoms with van der Waals surface area (Å²) < 4.78 is 0. The van der Waals surface area contributed by atoms with Crippen LogP contribution in [0.25, 0.3) is 10.9 Å². The minimum atomic E-state index is -0.874. The molecule has 0 radical (unpaired) electrons. The molecule has 14 heavy (non-hydrogen) atoms. The van der Waals surface area contributed by atoms with E-state index in [4.69, 9.17) is 16.7 Å². The number of halogens is 1. The van der Waals surface area contributed by atoms with E-state index in [-0.39, 0.29) is 6.42 Å². The average Bonchev–Trinajstić information content (AvgIpc) is 2.57. The zero-order valence-electron chi connectivity index (χ0n) is 7.25. The predicted octanol–water partition coefficient (Wildman–Crippen LogP) is 2.45. The maximum absolute atomic E-state index is 10.6. The molecule has 4 heteroatoms. The van der Waals surface area contributed by atoms with E-state index in [0.29, 0.717) is 10.6 Å². The lowest BCUT2D eigenvalue weighted by molar-refractivity contribution is -0.136. The van der Waals surface area contributed by atoms with Crippen LogP contribution in [0, 0.1) is 0 Å². The largest absolute Gasteiger partial charge is 0.481 e. The molecule has 1 heterocycles. The summed E-state index contributed by atoms with van der Waals surface area (Å²) in [6, 6.07) is 5.38. The minimum Gasteiger partial charge on any atom is -0.481 e. The highest BCUT2D eigenvalue weighted by Crippen LogP contribution is 2.25. The maximum Gasteiger partial charge on any atom is 0.307 e. The Morgan fingerprint density at radius 3 is 2.93 bits per heavy atom. The Kier molecular flexibility index (Phi) is 2.17. The highest BCUT2D eigenvalue weighted by molar-refractivity contribution is 6.32. The summed E-state index contributed by atoms with van der Waals surface area (Å²) in [4.78, 5) is 13.6. The molecule has 0 aliphatic heterocycles. The molecule has 0 saturated heterocycles. The average molecular weight is 210 g/mol. The summed E-state index contributed by atoms with van der Waals surface area (Å²) in [6.45, 7) is 0. The van der Waals surface area contributed by atoms with Crippen LogP contribution in [0.5, 0.6) is 0 Å². The number of nitrogens with one attached hydrogen (secondary N) is 1. The highest BCUT2D eigenvalue weighted by atomic mass is 35.5. The van der Waals surface area contributed by atoms with Crippen molar-refractivity contribution in [2.75, 3.05) is 0 Å². The molecule has 2 aromatic rings. The zero-order valence-corrected chi connectivity index (χ0v) is 8.01. The van der Waals surface area contributed by atoms with Crippen LogP contribution >= 0.6 is 11.6 Å². The van der Waals surface area contributed by atoms with Crippen LogP contribution in [-0.2, 0) is 11.2 Å². The first kappa shape index (κ1) is 9.09. The van der Waals surface area contributed by atoms with Crippen molar-refractivity contribution < 1.29 is 9.90 Å². The number of H-pyrrole nitrogens is 1. The fraction of sp³-hybridized carbons (Fsp3) is 0.100. The monoisotopic (exact) mass is 209 g/mol. The molecule has 2 N–H and O–H groups in total. The summed E-state index contributed by atoms with van der Waals surface area (Å²) in [7, 11) is 0. The van der Waals surface area contributed by atoms with Crippen molar-refractivity contribution in [2.45, 2.75) is 6.42 Å². The number of hydrogen-bond acceptors (Lipinski definition) is 1. The number of aromatic nitrogens is 1. The van der Waals surface area contributed by atoms with E-state index in [9.17, 15) is 4.79 Å². The van der Waals surface area contributed by atoms with Crippen LogP contribution in [0.3, 0.4) is 0 Å². The number of carboxylic acids is 1.